The molecule has 108 valence electrons. The van der Waals surface area contributed by atoms with E-state index in [1.54, 1.807) is 13.8 Å². The van der Waals surface area contributed by atoms with Crippen LogP contribution in [0.3, 0.4) is 0 Å². The minimum atomic E-state index is -4.14. The van der Waals surface area contributed by atoms with Crippen LogP contribution in [0.4, 0.5) is 10.1 Å². The van der Waals surface area contributed by atoms with Crippen molar-refractivity contribution in [1.29, 1.82) is 0 Å². The van der Waals surface area contributed by atoms with Gasteiger partial charge in [0.05, 0.1) is 11.6 Å². The molecule has 1 aromatic rings. The molecule has 19 heavy (non-hydrogen) atoms. The van der Waals surface area contributed by atoms with Gasteiger partial charge in [-0.25, -0.2) is 17.5 Å². The molecule has 4 N–H and O–H groups in total. The molecule has 0 aromatic heterocycles. The summed E-state index contributed by atoms with van der Waals surface area (Å²) >= 11 is 5.56. The van der Waals surface area contributed by atoms with E-state index in [0.717, 1.165) is 12.1 Å². The van der Waals surface area contributed by atoms with Gasteiger partial charge in [-0.15, -0.1) is 0 Å². The van der Waals surface area contributed by atoms with Crippen LogP contribution < -0.4 is 10.5 Å². The second kappa shape index (κ2) is 6.04. The summed E-state index contributed by atoms with van der Waals surface area (Å²) in [5.41, 5.74) is 5.49. The molecule has 0 amide bonds. The van der Waals surface area contributed by atoms with Crippen LogP contribution in [0.25, 0.3) is 0 Å². The maximum absolute atomic E-state index is 13.8. The number of hydrogen-bond acceptors (Lipinski definition) is 4. The van der Waals surface area contributed by atoms with Crippen molar-refractivity contribution < 1.29 is 17.9 Å². The lowest BCUT2D eigenvalue weighted by molar-refractivity contribution is 0.227. The minimum Gasteiger partial charge on any atom is -0.399 e. The molecule has 5 nitrogen and oxygen atoms in total. The standard InChI is InChI=1S/C11H16ClFN2O3S/c1-6(2)9(5-16)15-19(17,18)10-4-7(14)3-8(12)11(10)13/h3-4,6,9,15-16H,5,14H2,1-2H3. The lowest BCUT2D eigenvalue weighted by atomic mass is 10.1. The van der Waals surface area contributed by atoms with Crippen molar-refractivity contribution in [2.24, 2.45) is 5.92 Å². The summed E-state index contributed by atoms with van der Waals surface area (Å²) in [6.07, 6.45) is 0. The predicted molar refractivity (Wildman–Crippen MR) is 71.9 cm³/mol. The zero-order chi connectivity index (χ0) is 14.8. The van der Waals surface area contributed by atoms with Gasteiger partial charge in [0.25, 0.3) is 0 Å². The van der Waals surface area contributed by atoms with Crippen LogP contribution in [-0.2, 0) is 10.0 Å². The number of nitrogen functional groups attached to an aromatic ring is 1. The molecular formula is C11H16ClFN2O3S. The van der Waals surface area contributed by atoms with Crippen molar-refractivity contribution in [1.82, 2.24) is 4.72 Å². The molecule has 0 fully saturated rings. The smallest absolute Gasteiger partial charge is 0.243 e. The average molecular weight is 311 g/mol. The molecule has 0 saturated carbocycles. The van der Waals surface area contributed by atoms with E-state index in [4.69, 9.17) is 22.4 Å². The number of aliphatic hydroxyl groups is 1. The molecule has 0 heterocycles. The van der Waals surface area contributed by atoms with E-state index in [2.05, 4.69) is 4.72 Å². The van der Waals surface area contributed by atoms with Gasteiger partial charge in [-0.2, -0.15) is 0 Å². The molecule has 0 radical (unpaired) electrons. The van der Waals surface area contributed by atoms with Gasteiger partial charge in [-0.1, -0.05) is 25.4 Å². The predicted octanol–water partition coefficient (Wildman–Crippen LogP) is 1.36. The van der Waals surface area contributed by atoms with Crippen molar-refractivity contribution in [3.05, 3.63) is 23.0 Å². The zero-order valence-corrected chi connectivity index (χ0v) is 12.1. The fourth-order valence-electron chi connectivity index (χ4n) is 1.43. The van der Waals surface area contributed by atoms with Gasteiger partial charge in [-0.3, -0.25) is 0 Å². The lowest BCUT2D eigenvalue weighted by Gasteiger charge is -2.20. The number of nitrogens with two attached hydrogens (primary N) is 1. The summed E-state index contributed by atoms with van der Waals surface area (Å²) in [5, 5.41) is 8.74. The number of sulfonamides is 1. The Morgan fingerprint density at radius 3 is 2.53 bits per heavy atom. The number of hydrogen-bond donors (Lipinski definition) is 3. The van der Waals surface area contributed by atoms with E-state index in [1.165, 1.54) is 0 Å². The normalized spacial score (nSPS) is 13.8. The Kier molecular flexibility index (Phi) is 5.14. The van der Waals surface area contributed by atoms with E-state index < -0.39 is 33.4 Å². The Hall–Kier alpha value is -0.890. The van der Waals surface area contributed by atoms with E-state index in [0.29, 0.717) is 0 Å². The summed E-state index contributed by atoms with van der Waals surface area (Å²) in [7, 11) is -4.14. The number of aliphatic hydroxyl groups excluding tert-OH is 1. The van der Waals surface area contributed by atoms with Gasteiger partial charge in [0, 0.05) is 11.7 Å². The quantitative estimate of drug-likeness (QED) is 0.716. The largest absolute Gasteiger partial charge is 0.399 e. The number of rotatable bonds is 5. The highest BCUT2D eigenvalue weighted by molar-refractivity contribution is 7.89. The molecule has 8 heteroatoms. The second-order valence-electron chi connectivity index (χ2n) is 4.47. The van der Waals surface area contributed by atoms with Crippen LogP contribution >= 0.6 is 11.6 Å². The molecule has 1 aromatic carbocycles. The van der Waals surface area contributed by atoms with Gasteiger partial charge in [0.1, 0.15) is 4.90 Å². The first-order chi connectivity index (χ1) is 8.69. The van der Waals surface area contributed by atoms with Crippen molar-refractivity contribution in [2.75, 3.05) is 12.3 Å². The second-order valence-corrected chi connectivity index (χ2v) is 6.56. The third kappa shape index (κ3) is 3.79. The Labute approximate surface area is 116 Å². The zero-order valence-electron chi connectivity index (χ0n) is 10.5. The van der Waals surface area contributed by atoms with Crippen LogP contribution in [0.1, 0.15) is 13.8 Å². The Balaban J connectivity index is 3.21. The maximum atomic E-state index is 13.8. The molecule has 1 rings (SSSR count). The highest BCUT2D eigenvalue weighted by Gasteiger charge is 2.26. The number of nitrogens with one attached hydrogen (secondary N) is 1. The molecule has 1 atom stereocenters. The van der Waals surface area contributed by atoms with E-state index in [-0.39, 0.29) is 16.6 Å². The molecule has 0 aliphatic heterocycles. The van der Waals surface area contributed by atoms with Gasteiger partial charge < -0.3 is 10.8 Å². The fraction of sp³-hybridized carbons (Fsp3) is 0.455. The van der Waals surface area contributed by atoms with Crippen molar-refractivity contribution in [3.8, 4) is 0 Å². The SMILES string of the molecule is CC(C)C(CO)NS(=O)(=O)c1cc(N)cc(Cl)c1F. The Bertz CT molecular complexity index is 563. The lowest BCUT2D eigenvalue weighted by Crippen LogP contribution is -2.41. The highest BCUT2D eigenvalue weighted by atomic mass is 35.5. The summed E-state index contributed by atoms with van der Waals surface area (Å²) < 4.78 is 40.1. The van der Waals surface area contributed by atoms with Gasteiger partial charge >= 0.3 is 0 Å². The summed E-state index contributed by atoms with van der Waals surface area (Å²) in [6, 6.07) is 1.39. The van der Waals surface area contributed by atoms with Crippen molar-refractivity contribution in [3.63, 3.8) is 0 Å². The Morgan fingerprint density at radius 1 is 1.47 bits per heavy atom. The average Bonchev–Trinajstić information content (AvgIpc) is 2.30. The maximum Gasteiger partial charge on any atom is 0.243 e. The third-order valence-corrected chi connectivity index (χ3v) is 4.38. The number of anilines is 1. The fourth-order valence-corrected chi connectivity index (χ4v) is 3.22. The summed E-state index contributed by atoms with van der Waals surface area (Å²) in [5.74, 6) is -1.22. The number of halogens is 2. The third-order valence-electron chi connectivity index (χ3n) is 2.61. The van der Waals surface area contributed by atoms with Gasteiger partial charge in [-0.05, 0) is 18.1 Å². The monoisotopic (exact) mass is 310 g/mol. The molecule has 0 aliphatic carbocycles. The summed E-state index contributed by atoms with van der Waals surface area (Å²) in [6.45, 7) is 3.06. The first kappa shape index (κ1) is 16.2. The first-order valence-electron chi connectivity index (χ1n) is 5.56. The highest BCUT2D eigenvalue weighted by Crippen LogP contribution is 2.26. The first-order valence-corrected chi connectivity index (χ1v) is 7.43. The van der Waals surface area contributed by atoms with Crippen LogP contribution in [-0.4, -0.2) is 26.2 Å². The van der Waals surface area contributed by atoms with Gasteiger partial charge in [0.2, 0.25) is 10.0 Å². The van der Waals surface area contributed by atoms with Crippen LogP contribution in [0.5, 0.6) is 0 Å². The molecular weight excluding hydrogens is 295 g/mol. The van der Waals surface area contributed by atoms with Crippen LogP contribution in [0.2, 0.25) is 5.02 Å². The van der Waals surface area contributed by atoms with E-state index in [9.17, 15) is 12.8 Å². The van der Waals surface area contributed by atoms with Gasteiger partial charge in [0.15, 0.2) is 5.82 Å². The summed E-state index contributed by atoms with van der Waals surface area (Å²) in [4.78, 5) is -0.628. The van der Waals surface area contributed by atoms with E-state index >= 15 is 0 Å². The van der Waals surface area contributed by atoms with Crippen LogP contribution in [0.15, 0.2) is 17.0 Å². The van der Waals surface area contributed by atoms with Crippen molar-refractivity contribution >= 4 is 27.3 Å². The van der Waals surface area contributed by atoms with Crippen molar-refractivity contribution in [2.45, 2.75) is 24.8 Å². The number of benzene rings is 1. The molecule has 0 spiro atoms. The molecule has 0 aliphatic rings. The topological polar surface area (TPSA) is 92.4 Å². The minimum absolute atomic E-state index is 0.0388. The van der Waals surface area contributed by atoms with E-state index in [1.807, 2.05) is 0 Å². The molecule has 0 saturated heterocycles. The van der Waals surface area contributed by atoms with Crippen LogP contribution in [0, 0.1) is 11.7 Å². The molecule has 1 unspecified atom stereocenters. The molecule has 0 bridgehead atoms. The Morgan fingerprint density at radius 2 is 2.05 bits per heavy atom.